The molecule has 0 bridgehead atoms. The summed E-state index contributed by atoms with van der Waals surface area (Å²) in [5.41, 5.74) is 0.387. The fourth-order valence-electron chi connectivity index (χ4n) is 2.49. The van der Waals surface area contributed by atoms with E-state index in [2.05, 4.69) is 0 Å². The summed E-state index contributed by atoms with van der Waals surface area (Å²) in [5, 5.41) is 11.0. The predicted octanol–water partition coefficient (Wildman–Crippen LogP) is 3.08. The van der Waals surface area contributed by atoms with Crippen LogP contribution in [0, 0.1) is 10.1 Å². The molecule has 0 N–H and O–H groups in total. The van der Waals surface area contributed by atoms with Gasteiger partial charge in [0.1, 0.15) is 0 Å². The van der Waals surface area contributed by atoms with E-state index in [1.54, 1.807) is 37.3 Å². The molecule has 0 fully saturated rings. The Hall–Kier alpha value is -3.35. The fourth-order valence-corrected chi connectivity index (χ4v) is 2.49. The third kappa shape index (κ3) is 4.60. The van der Waals surface area contributed by atoms with E-state index < -0.39 is 22.6 Å². The second-order valence-corrected chi connectivity index (χ2v) is 5.48. The van der Waals surface area contributed by atoms with Crippen molar-refractivity contribution in [1.82, 2.24) is 0 Å². The van der Waals surface area contributed by atoms with E-state index >= 15 is 0 Å². The van der Waals surface area contributed by atoms with E-state index in [1.165, 1.54) is 24.3 Å². The molecule has 1 unspecified atom stereocenters. The number of benzene rings is 2. The number of carbonyl (C=O) groups excluding carboxylic acids is 3. The Morgan fingerprint density at radius 3 is 2.38 bits per heavy atom. The van der Waals surface area contributed by atoms with Crippen molar-refractivity contribution in [2.75, 3.05) is 6.61 Å². The van der Waals surface area contributed by atoms with Gasteiger partial charge in [-0.1, -0.05) is 42.5 Å². The van der Waals surface area contributed by atoms with E-state index in [4.69, 9.17) is 4.74 Å². The quantitative estimate of drug-likeness (QED) is 0.237. The smallest absolute Gasteiger partial charge is 0.375 e. The normalized spacial score (nSPS) is 11.4. The third-order valence-electron chi connectivity index (χ3n) is 3.76. The molecule has 0 saturated heterocycles. The Bertz CT molecular complexity index is 831. The number of non-ortho nitro benzene ring substituents is 1. The van der Waals surface area contributed by atoms with Gasteiger partial charge < -0.3 is 4.74 Å². The van der Waals surface area contributed by atoms with E-state index in [9.17, 15) is 24.5 Å². The summed E-state index contributed by atoms with van der Waals surface area (Å²) in [5.74, 6) is -3.47. The molecule has 134 valence electrons. The second-order valence-electron chi connectivity index (χ2n) is 5.48. The van der Waals surface area contributed by atoms with Crippen molar-refractivity contribution < 1.29 is 24.0 Å². The SMILES string of the molecule is CCOC(=O)C(=O)C(CC(=O)c1ccccc1)c1cccc([N+](=O)[O-])c1. The molecule has 7 nitrogen and oxygen atoms in total. The van der Waals surface area contributed by atoms with Crippen molar-refractivity contribution >= 4 is 23.2 Å². The van der Waals surface area contributed by atoms with Gasteiger partial charge in [0.2, 0.25) is 5.78 Å². The maximum atomic E-state index is 12.5. The number of nitro benzene ring substituents is 1. The highest BCUT2D eigenvalue weighted by Gasteiger charge is 2.31. The third-order valence-corrected chi connectivity index (χ3v) is 3.76. The van der Waals surface area contributed by atoms with Crippen molar-refractivity contribution in [2.24, 2.45) is 0 Å². The number of ketones is 2. The molecular weight excluding hydrogens is 338 g/mol. The highest BCUT2D eigenvalue weighted by Crippen LogP contribution is 2.27. The monoisotopic (exact) mass is 355 g/mol. The molecule has 26 heavy (non-hydrogen) atoms. The van der Waals surface area contributed by atoms with Crippen molar-refractivity contribution in [2.45, 2.75) is 19.3 Å². The molecule has 0 aromatic heterocycles. The zero-order valence-corrected chi connectivity index (χ0v) is 14.1. The van der Waals surface area contributed by atoms with Crippen LogP contribution in [0.3, 0.4) is 0 Å². The van der Waals surface area contributed by atoms with Crippen LogP contribution in [-0.2, 0) is 14.3 Å². The first-order valence-corrected chi connectivity index (χ1v) is 7.97. The Balaban J connectivity index is 2.37. The number of carbonyl (C=O) groups is 3. The topological polar surface area (TPSA) is 104 Å². The van der Waals surface area contributed by atoms with Gasteiger partial charge >= 0.3 is 5.97 Å². The van der Waals surface area contributed by atoms with E-state index in [0.29, 0.717) is 5.56 Å². The van der Waals surface area contributed by atoms with Gasteiger partial charge in [0, 0.05) is 24.1 Å². The zero-order chi connectivity index (χ0) is 19.1. The maximum absolute atomic E-state index is 12.5. The first kappa shape index (κ1) is 19.0. The van der Waals surface area contributed by atoms with Gasteiger partial charge in [-0.15, -0.1) is 0 Å². The summed E-state index contributed by atoms with van der Waals surface area (Å²) < 4.78 is 4.74. The number of hydrogen-bond acceptors (Lipinski definition) is 6. The van der Waals surface area contributed by atoms with Crippen LogP contribution in [-0.4, -0.2) is 29.1 Å². The van der Waals surface area contributed by atoms with Crippen LogP contribution in [0.4, 0.5) is 5.69 Å². The molecule has 0 radical (unpaired) electrons. The molecule has 0 aliphatic heterocycles. The lowest BCUT2D eigenvalue weighted by atomic mass is 9.88. The number of ether oxygens (including phenoxy) is 1. The van der Waals surface area contributed by atoms with Gasteiger partial charge in [-0.25, -0.2) is 4.79 Å². The Morgan fingerprint density at radius 1 is 1.08 bits per heavy atom. The van der Waals surface area contributed by atoms with Crippen LogP contribution >= 0.6 is 0 Å². The van der Waals surface area contributed by atoms with Crippen molar-refractivity contribution in [3.05, 3.63) is 75.8 Å². The molecule has 1 atom stereocenters. The molecule has 0 aliphatic carbocycles. The molecule has 0 spiro atoms. The summed E-state index contributed by atoms with van der Waals surface area (Å²) in [4.78, 5) is 47.2. The van der Waals surface area contributed by atoms with Crippen LogP contribution < -0.4 is 0 Å². The number of Topliss-reactive ketones (excluding diaryl/α,β-unsaturated/α-hetero) is 2. The molecule has 0 heterocycles. The molecular formula is C19H17NO6. The van der Waals surface area contributed by atoms with Gasteiger partial charge in [-0.3, -0.25) is 19.7 Å². The highest BCUT2D eigenvalue weighted by molar-refractivity contribution is 6.36. The number of hydrogen-bond donors (Lipinski definition) is 0. The Morgan fingerprint density at radius 2 is 1.77 bits per heavy atom. The summed E-state index contributed by atoms with van der Waals surface area (Å²) in [6, 6.07) is 13.7. The van der Waals surface area contributed by atoms with Gasteiger partial charge in [0.15, 0.2) is 5.78 Å². The second kappa shape index (κ2) is 8.66. The zero-order valence-electron chi connectivity index (χ0n) is 14.1. The van der Waals surface area contributed by atoms with E-state index in [1.807, 2.05) is 0 Å². The first-order valence-electron chi connectivity index (χ1n) is 7.97. The summed E-state index contributed by atoms with van der Waals surface area (Å²) in [7, 11) is 0. The lowest BCUT2D eigenvalue weighted by Crippen LogP contribution is -2.26. The summed E-state index contributed by atoms with van der Waals surface area (Å²) in [6.45, 7) is 1.57. The minimum atomic E-state index is -1.15. The van der Waals surface area contributed by atoms with Gasteiger partial charge in [0.05, 0.1) is 17.4 Å². The fraction of sp³-hybridized carbons (Fsp3) is 0.211. The molecule has 0 aliphatic rings. The van der Waals surface area contributed by atoms with Crippen molar-refractivity contribution in [1.29, 1.82) is 0 Å². The standard InChI is InChI=1S/C19H17NO6/c1-2-26-19(23)18(22)16(12-17(21)13-7-4-3-5-8-13)14-9-6-10-15(11-14)20(24)25/h3-11,16H,2,12H2,1H3. The predicted molar refractivity (Wildman–Crippen MR) is 92.9 cm³/mol. The van der Waals surface area contributed by atoms with Gasteiger partial charge in [-0.2, -0.15) is 0 Å². The minimum absolute atomic E-state index is 0.0128. The lowest BCUT2D eigenvalue weighted by Gasteiger charge is -2.15. The van der Waals surface area contributed by atoms with Crippen LogP contribution in [0.1, 0.15) is 35.2 Å². The molecule has 0 amide bonds. The minimum Gasteiger partial charge on any atom is -0.460 e. The average molecular weight is 355 g/mol. The van der Waals surface area contributed by atoms with Crippen LogP contribution in [0.2, 0.25) is 0 Å². The maximum Gasteiger partial charge on any atom is 0.375 e. The number of nitrogens with zero attached hydrogens (tertiary/aromatic N) is 1. The van der Waals surface area contributed by atoms with Crippen molar-refractivity contribution in [3.63, 3.8) is 0 Å². The van der Waals surface area contributed by atoms with Gasteiger partial charge in [0.25, 0.3) is 5.69 Å². The Kier molecular flexibility index (Phi) is 6.32. The number of nitro groups is 1. The molecule has 7 heteroatoms. The molecule has 0 saturated carbocycles. The average Bonchev–Trinajstić information content (AvgIpc) is 2.66. The van der Waals surface area contributed by atoms with Crippen LogP contribution in [0.15, 0.2) is 54.6 Å². The molecule has 2 rings (SSSR count). The number of rotatable bonds is 8. The van der Waals surface area contributed by atoms with E-state index in [-0.39, 0.29) is 30.1 Å². The van der Waals surface area contributed by atoms with Crippen molar-refractivity contribution in [3.8, 4) is 0 Å². The van der Waals surface area contributed by atoms with Crippen LogP contribution in [0.25, 0.3) is 0 Å². The van der Waals surface area contributed by atoms with Crippen LogP contribution in [0.5, 0.6) is 0 Å². The largest absolute Gasteiger partial charge is 0.460 e. The summed E-state index contributed by atoms with van der Waals surface area (Å²) in [6.07, 6.45) is -0.289. The van der Waals surface area contributed by atoms with Gasteiger partial charge in [-0.05, 0) is 12.5 Å². The number of esters is 1. The highest BCUT2D eigenvalue weighted by atomic mass is 16.6. The molecule has 2 aromatic rings. The summed E-state index contributed by atoms with van der Waals surface area (Å²) >= 11 is 0. The first-order chi connectivity index (χ1) is 12.4. The molecule has 2 aromatic carbocycles. The van der Waals surface area contributed by atoms with E-state index in [0.717, 1.165) is 0 Å². The lowest BCUT2D eigenvalue weighted by molar-refractivity contribution is -0.384. The Labute approximate surface area is 149 Å².